The van der Waals surface area contributed by atoms with Gasteiger partial charge in [-0.3, -0.25) is 9.59 Å². The van der Waals surface area contributed by atoms with Crippen LogP contribution in [0.2, 0.25) is 5.02 Å². The highest BCUT2D eigenvalue weighted by atomic mass is 35.5. The molecule has 17 heavy (non-hydrogen) atoms. The third-order valence-corrected chi connectivity index (χ3v) is 2.80. The molecular weight excluding hydrogens is 240 g/mol. The normalized spacial score (nSPS) is 9.82. The Morgan fingerprint density at radius 3 is 2.71 bits per heavy atom. The van der Waals surface area contributed by atoms with Gasteiger partial charge in [-0.1, -0.05) is 11.6 Å². The summed E-state index contributed by atoms with van der Waals surface area (Å²) in [7, 11) is 1.60. The summed E-state index contributed by atoms with van der Waals surface area (Å²) in [6.07, 6.45) is 0.709. The predicted octanol–water partition coefficient (Wildman–Crippen LogP) is 1.72. The van der Waals surface area contributed by atoms with E-state index in [0.717, 1.165) is 5.69 Å². The van der Waals surface area contributed by atoms with E-state index in [1.807, 2.05) is 11.8 Å². The van der Waals surface area contributed by atoms with Crippen LogP contribution in [0.3, 0.4) is 0 Å². The number of halogens is 1. The third kappa shape index (κ3) is 3.46. The van der Waals surface area contributed by atoms with E-state index in [2.05, 4.69) is 5.32 Å². The van der Waals surface area contributed by atoms with Gasteiger partial charge in [0.25, 0.3) is 0 Å². The Hall–Kier alpha value is -1.55. The van der Waals surface area contributed by atoms with Gasteiger partial charge in [-0.2, -0.15) is 0 Å². The molecule has 1 rings (SSSR count). The molecule has 92 valence electrons. The van der Waals surface area contributed by atoms with Gasteiger partial charge in [0, 0.05) is 24.8 Å². The average molecular weight is 255 g/mol. The number of likely N-dealkylation sites (N-methyl/N-ethyl adjacent to an activating group) is 2. The molecule has 0 aliphatic carbocycles. The van der Waals surface area contributed by atoms with Crippen LogP contribution in [0.1, 0.15) is 17.3 Å². The van der Waals surface area contributed by atoms with E-state index in [1.165, 1.54) is 0 Å². The first-order valence-corrected chi connectivity index (χ1v) is 5.70. The SMILES string of the molecule is CCN(CC(=O)NC)c1ccc(C=O)c(Cl)c1. The second kappa shape index (κ2) is 6.25. The molecule has 4 nitrogen and oxygen atoms in total. The summed E-state index contributed by atoms with van der Waals surface area (Å²) in [6.45, 7) is 2.90. The Kier molecular flexibility index (Phi) is 4.97. The lowest BCUT2D eigenvalue weighted by molar-refractivity contribution is -0.119. The van der Waals surface area contributed by atoms with Crippen molar-refractivity contribution in [1.82, 2.24) is 5.32 Å². The molecule has 0 aliphatic heterocycles. The molecule has 0 aliphatic rings. The minimum absolute atomic E-state index is 0.0672. The van der Waals surface area contributed by atoms with Crippen LogP contribution < -0.4 is 10.2 Å². The van der Waals surface area contributed by atoms with Crippen LogP contribution in [0, 0.1) is 0 Å². The zero-order valence-corrected chi connectivity index (χ0v) is 10.6. The monoisotopic (exact) mass is 254 g/mol. The van der Waals surface area contributed by atoms with Gasteiger partial charge in [-0.05, 0) is 25.1 Å². The maximum atomic E-state index is 11.3. The van der Waals surface area contributed by atoms with Gasteiger partial charge in [0.05, 0.1) is 11.6 Å². The molecular formula is C12H15ClN2O2. The number of benzene rings is 1. The molecule has 0 unspecified atom stereocenters. The van der Waals surface area contributed by atoms with Crippen molar-refractivity contribution in [1.29, 1.82) is 0 Å². The Morgan fingerprint density at radius 1 is 1.53 bits per heavy atom. The molecule has 5 heteroatoms. The average Bonchev–Trinajstić information content (AvgIpc) is 2.35. The van der Waals surface area contributed by atoms with E-state index in [4.69, 9.17) is 11.6 Å². The maximum absolute atomic E-state index is 11.3. The molecule has 0 atom stereocenters. The minimum atomic E-state index is -0.0672. The second-order valence-corrected chi connectivity index (χ2v) is 3.92. The van der Waals surface area contributed by atoms with Crippen molar-refractivity contribution in [3.8, 4) is 0 Å². The van der Waals surface area contributed by atoms with Crippen molar-refractivity contribution < 1.29 is 9.59 Å². The Morgan fingerprint density at radius 2 is 2.24 bits per heavy atom. The molecule has 1 aromatic carbocycles. The fourth-order valence-electron chi connectivity index (χ4n) is 1.45. The highest BCUT2D eigenvalue weighted by Crippen LogP contribution is 2.22. The van der Waals surface area contributed by atoms with Crippen molar-refractivity contribution in [2.45, 2.75) is 6.92 Å². The molecule has 1 N–H and O–H groups in total. The largest absolute Gasteiger partial charge is 0.362 e. The van der Waals surface area contributed by atoms with Gasteiger partial charge in [0.2, 0.25) is 5.91 Å². The van der Waals surface area contributed by atoms with Crippen molar-refractivity contribution in [2.24, 2.45) is 0 Å². The molecule has 0 saturated carbocycles. The number of hydrogen-bond acceptors (Lipinski definition) is 3. The number of carbonyl (C=O) groups excluding carboxylic acids is 2. The summed E-state index contributed by atoms with van der Waals surface area (Å²) in [5.74, 6) is -0.0672. The summed E-state index contributed by atoms with van der Waals surface area (Å²) >= 11 is 5.94. The highest BCUT2D eigenvalue weighted by molar-refractivity contribution is 6.33. The number of amides is 1. The minimum Gasteiger partial charge on any atom is -0.362 e. The number of rotatable bonds is 5. The summed E-state index contributed by atoms with van der Waals surface area (Å²) in [6, 6.07) is 5.12. The van der Waals surface area contributed by atoms with Crippen LogP contribution >= 0.6 is 11.6 Å². The standard InChI is InChI=1S/C12H15ClN2O2/c1-3-15(7-12(17)14-2)10-5-4-9(8-16)11(13)6-10/h4-6,8H,3,7H2,1-2H3,(H,14,17). The number of nitrogens with zero attached hydrogens (tertiary/aromatic N) is 1. The fraction of sp³-hybridized carbons (Fsp3) is 0.333. The number of hydrogen-bond donors (Lipinski definition) is 1. The van der Waals surface area contributed by atoms with E-state index >= 15 is 0 Å². The van der Waals surface area contributed by atoms with Crippen LogP contribution in [-0.4, -0.2) is 32.3 Å². The smallest absolute Gasteiger partial charge is 0.239 e. The van der Waals surface area contributed by atoms with Crippen LogP contribution in [-0.2, 0) is 4.79 Å². The van der Waals surface area contributed by atoms with Crippen LogP contribution in [0.5, 0.6) is 0 Å². The number of carbonyl (C=O) groups is 2. The lowest BCUT2D eigenvalue weighted by Crippen LogP contribution is -2.35. The van der Waals surface area contributed by atoms with Crippen molar-refractivity contribution >= 4 is 29.5 Å². The first kappa shape index (κ1) is 13.5. The second-order valence-electron chi connectivity index (χ2n) is 3.51. The molecule has 1 aromatic rings. The van der Waals surface area contributed by atoms with E-state index in [9.17, 15) is 9.59 Å². The van der Waals surface area contributed by atoms with Crippen LogP contribution in [0.4, 0.5) is 5.69 Å². The molecule has 0 fully saturated rings. The van der Waals surface area contributed by atoms with E-state index < -0.39 is 0 Å². The lowest BCUT2D eigenvalue weighted by Gasteiger charge is -2.22. The molecule has 0 spiro atoms. The van der Waals surface area contributed by atoms with E-state index in [-0.39, 0.29) is 12.5 Å². The van der Waals surface area contributed by atoms with Gasteiger partial charge >= 0.3 is 0 Å². The fourth-order valence-corrected chi connectivity index (χ4v) is 1.67. The summed E-state index contributed by atoms with van der Waals surface area (Å²) in [5.41, 5.74) is 1.28. The van der Waals surface area contributed by atoms with E-state index in [0.29, 0.717) is 23.4 Å². The first-order valence-electron chi connectivity index (χ1n) is 5.32. The highest BCUT2D eigenvalue weighted by Gasteiger charge is 2.10. The van der Waals surface area contributed by atoms with E-state index in [1.54, 1.807) is 25.2 Å². The van der Waals surface area contributed by atoms with Gasteiger partial charge in [0.1, 0.15) is 0 Å². The molecule has 0 bridgehead atoms. The Labute approximate surface area is 106 Å². The third-order valence-electron chi connectivity index (χ3n) is 2.47. The lowest BCUT2D eigenvalue weighted by atomic mass is 10.2. The number of aldehydes is 1. The Balaban J connectivity index is 2.92. The van der Waals surface area contributed by atoms with Gasteiger partial charge in [-0.15, -0.1) is 0 Å². The molecule has 0 heterocycles. The van der Waals surface area contributed by atoms with Crippen LogP contribution in [0.25, 0.3) is 0 Å². The quantitative estimate of drug-likeness (QED) is 0.814. The number of nitrogens with one attached hydrogen (secondary N) is 1. The number of anilines is 1. The van der Waals surface area contributed by atoms with Gasteiger partial charge < -0.3 is 10.2 Å². The van der Waals surface area contributed by atoms with Crippen molar-refractivity contribution in [2.75, 3.05) is 25.0 Å². The zero-order valence-electron chi connectivity index (χ0n) is 9.87. The molecule has 1 amide bonds. The Bertz CT molecular complexity index is 421. The van der Waals surface area contributed by atoms with Gasteiger partial charge in [-0.25, -0.2) is 0 Å². The molecule has 0 aromatic heterocycles. The predicted molar refractivity (Wildman–Crippen MR) is 68.8 cm³/mol. The van der Waals surface area contributed by atoms with Crippen molar-refractivity contribution in [3.63, 3.8) is 0 Å². The first-order chi connectivity index (χ1) is 8.12. The molecule has 0 saturated heterocycles. The zero-order chi connectivity index (χ0) is 12.8. The maximum Gasteiger partial charge on any atom is 0.239 e. The van der Waals surface area contributed by atoms with Crippen LogP contribution in [0.15, 0.2) is 18.2 Å². The summed E-state index contributed by atoms with van der Waals surface area (Å²) < 4.78 is 0. The van der Waals surface area contributed by atoms with Gasteiger partial charge in [0.15, 0.2) is 6.29 Å². The topological polar surface area (TPSA) is 49.4 Å². The molecule has 0 radical (unpaired) electrons. The van der Waals surface area contributed by atoms with Crippen molar-refractivity contribution in [3.05, 3.63) is 28.8 Å². The summed E-state index contributed by atoms with van der Waals surface area (Å²) in [4.78, 5) is 23.8. The summed E-state index contributed by atoms with van der Waals surface area (Å²) in [5, 5.41) is 2.96.